The molecule has 0 amide bonds. The highest BCUT2D eigenvalue weighted by Crippen LogP contribution is 2.71. The van der Waals surface area contributed by atoms with Crippen LogP contribution in [0.3, 0.4) is 0 Å². The van der Waals surface area contributed by atoms with Gasteiger partial charge in [0.05, 0.1) is 18.8 Å². The molecule has 6 aliphatic rings. The molecule has 0 aromatic carbocycles. The molecule has 1 N–H and O–H groups in total. The summed E-state index contributed by atoms with van der Waals surface area (Å²) in [5, 5.41) is 11.8. The largest absolute Gasteiger partial charge is 0.390 e. The third-order valence-electron chi connectivity index (χ3n) is 11.9. The average molecular weight is 417 g/mol. The van der Waals surface area contributed by atoms with Gasteiger partial charge in [-0.2, -0.15) is 0 Å². The average Bonchev–Trinajstić information content (AvgIpc) is 3.13. The molecule has 2 unspecified atom stereocenters. The summed E-state index contributed by atoms with van der Waals surface area (Å²) in [4.78, 5) is 0. The number of ether oxygens (including phenoxy) is 2. The summed E-state index contributed by atoms with van der Waals surface area (Å²) in [5.41, 5.74) is 0.731. The van der Waals surface area contributed by atoms with Gasteiger partial charge in [-0.3, -0.25) is 0 Å². The Hall–Kier alpha value is -0.120. The van der Waals surface area contributed by atoms with Crippen molar-refractivity contribution in [1.82, 2.24) is 0 Å². The molecule has 3 heteroatoms. The number of rotatable bonds is 0. The Morgan fingerprint density at radius 3 is 2.43 bits per heavy atom. The summed E-state index contributed by atoms with van der Waals surface area (Å²) in [6.07, 6.45) is 13.0. The molecule has 0 aromatic rings. The van der Waals surface area contributed by atoms with Crippen molar-refractivity contribution in [2.45, 2.75) is 110 Å². The molecule has 2 aliphatic heterocycles. The van der Waals surface area contributed by atoms with Crippen molar-refractivity contribution in [3.8, 4) is 0 Å². The summed E-state index contributed by atoms with van der Waals surface area (Å²) in [6, 6.07) is 0. The van der Waals surface area contributed by atoms with E-state index in [0.29, 0.717) is 35.0 Å². The lowest BCUT2D eigenvalue weighted by Crippen LogP contribution is -2.56. The zero-order valence-corrected chi connectivity index (χ0v) is 19.7. The van der Waals surface area contributed by atoms with Crippen LogP contribution in [0.2, 0.25) is 0 Å². The van der Waals surface area contributed by atoms with Crippen LogP contribution in [-0.4, -0.2) is 29.7 Å². The van der Waals surface area contributed by atoms with E-state index in [-0.39, 0.29) is 17.6 Å². The Morgan fingerprint density at radius 1 is 0.833 bits per heavy atom. The molecule has 1 spiro atoms. The van der Waals surface area contributed by atoms with Gasteiger partial charge in [0, 0.05) is 18.3 Å². The van der Waals surface area contributed by atoms with Gasteiger partial charge in [-0.1, -0.05) is 40.5 Å². The van der Waals surface area contributed by atoms with Crippen molar-refractivity contribution in [1.29, 1.82) is 0 Å². The van der Waals surface area contributed by atoms with Crippen molar-refractivity contribution < 1.29 is 14.6 Å². The fourth-order valence-corrected chi connectivity index (χ4v) is 10.3. The van der Waals surface area contributed by atoms with Crippen LogP contribution in [0.15, 0.2) is 0 Å². The normalized spacial score (nSPS) is 62.5. The standard InChI is InChI=1S/C27H44O3/c1-16-10-14-27(29-15-16)17(2)21-24(30-27)23(28)22-19-9-8-18-7-5-6-12-25(18,3)20(19)11-13-26(21,22)4/h16-24,28H,5-15H2,1-4H3/t16-,17+,18?,19-,20+,21+,22-,23?,24-,25+,26-,27-/m1/s1. The molecule has 4 aliphatic carbocycles. The first-order valence-electron chi connectivity index (χ1n) is 13.3. The zero-order chi connectivity index (χ0) is 20.9. The van der Waals surface area contributed by atoms with Crippen LogP contribution in [0.5, 0.6) is 0 Å². The molecule has 170 valence electrons. The molecular formula is C27H44O3. The van der Waals surface area contributed by atoms with E-state index >= 15 is 0 Å². The summed E-state index contributed by atoms with van der Waals surface area (Å²) >= 11 is 0. The van der Waals surface area contributed by atoms with Gasteiger partial charge < -0.3 is 14.6 Å². The molecule has 3 nitrogen and oxygen atoms in total. The third-order valence-corrected chi connectivity index (χ3v) is 11.9. The molecule has 0 bridgehead atoms. The summed E-state index contributed by atoms with van der Waals surface area (Å²) in [7, 11) is 0. The molecule has 6 rings (SSSR count). The predicted molar refractivity (Wildman–Crippen MR) is 118 cm³/mol. The minimum Gasteiger partial charge on any atom is -0.390 e. The van der Waals surface area contributed by atoms with Crippen LogP contribution in [0.1, 0.15) is 91.9 Å². The van der Waals surface area contributed by atoms with Gasteiger partial charge in [0.15, 0.2) is 5.79 Å². The van der Waals surface area contributed by atoms with Gasteiger partial charge in [-0.25, -0.2) is 0 Å². The Labute approximate surface area is 183 Å². The van der Waals surface area contributed by atoms with Crippen LogP contribution in [0.25, 0.3) is 0 Å². The first kappa shape index (κ1) is 20.5. The molecular weight excluding hydrogens is 372 g/mol. The summed E-state index contributed by atoms with van der Waals surface area (Å²) in [5.74, 6) is 3.91. The first-order valence-corrected chi connectivity index (χ1v) is 13.3. The second-order valence-corrected chi connectivity index (χ2v) is 13.0. The first-order chi connectivity index (χ1) is 14.3. The van der Waals surface area contributed by atoms with E-state index in [2.05, 4.69) is 27.7 Å². The number of aliphatic hydroxyl groups excluding tert-OH is 1. The molecule has 12 atom stereocenters. The lowest BCUT2D eigenvalue weighted by Gasteiger charge is -2.61. The van der Waals surface area contributed by atoms with Gasteiger partial charge in [-0.05, 0) is 85.4 Å². The maximum atomic E-state index is 11.8. The van der Waals surface area contributed by atoms with E-state index in [1.54, 1.807) is 0 Å². The fraction of sp³-hybridized carbons (Fsp3) is 1.00. The van der Waals surface area contributed by atoms with E-state index < -0.39 is 5.79 Å². The van der Waals surface area contributed by atoms with Crippen LogP contribution < -0.4 is 0 Å². The SMILES string of the molecule is C[C@@H]1CC[C@@]2(OC1)O[C@H]1C(O)[C@H]3[C@@H]4CCC5CCCC[C@]5(C)[C@H]4CC[C@]3(C)[C@H]1[C@@H]2C. The Bertz CT molecular complexity index is 684. The lowest BCUT2D eigenvalue weighted by atomic mass is 9.44. The highest BCUT2D eigenvalue weighted by Gasteiger charge is 2.72. The van der Waals surface area contributed by atoms with Gasteiger partial charge >= 0.3 is 0 Å². The Kier molecular flexibility index (Phi) is 4.58. The van der Waals surface area contributed by atoms with Crippen LogP contribution in [-0.2, 0) is 9.47 Å². The van der Waals surface area contributed by atoms with E-state index in [4.69, 9.17) is 9.47 Å². The molecule has 2 saturated heterocycles. The topological polar surface area (TPSA) is 38.7 Å². The number of aliphatic hydroxyl groups is 1. The summed E-state index contributed by atoms with van der Waals surface area (Å²) in [6.45, 7) is 10.6. The molecule has 6 fully saturated rings. The maximum absolute atomic E-state index is 11.8. The van der Waals surface area contributed by atoms with Gasteiger partial charge in [0.1, 0.15) is 0 Å². The Balaban J connectivity index is 1.31. The third kappa shape index (κ3) is 2.49. The highest BCUT2D eigenvalue weighted by atomic mass is 16.7. The molecule has 4 saturated carbocycles. The quantitative estimate of drug-likeness (QED) is 0.543. The minimum absolute atomic E-state index is 0.0148. The Morgan fingerprint density at radius 2 is 1.67 bits per heavy atom. The van der Waals surface area contributed by atoms with Crippen LogP contribution in [0.4, 0.5) is 0 Å². The zero-order valence-electron chi connectivity index (χ0n) is 19.7. The number of hydrogen-bond acceptors (Lipinski definition) is 3. The van der Waals surface area contributed by atoms with Crippen molar-refractivity contribution in [3.05, 3.63) is 0 Å². The van der Waals surface area contributed by atoms with Crippen LogP contribution in [0, 0.1) is 52.3 Å². The lowest BCUT2D eigenvalue weighted by molar-refractivity contribution is -0.282. The van der Waals surface area contributed by atoms with Crippen molar-refractivity contribution in [3.63, 3.8) is 0 Å². The van der Waals surface area contributed by atoms with Crippen molar-refractivity contribution in [2.24, 2.45) is 52.3 Å². The van der Waals surface area contributed by atoms with Crippen molar-refractivity contribution >= 4 is 0 Å². The maximum Gasteiger partial charge on any atom is 0.171 e. The van der Waals surface area contributed by atoms with E-state index in [0.717, 1.165) is 24.9 Å². The van der Waals surface area contributed by atoms with Crippen molar-refractivity contribution in [2.75, 3.05) is 6.61 Å². The smallest absolute Gasteiger partial charge is 0.171 e. The van der Waals surface area contributed by atoms with Gasteiger partial charge in [-0.15, -0.1) is 0 Å². The monoisotopic (exact) mass is 416 g/mol. The molecule has 0 aromatic heterocycles. The predicted octanol–water partition coefficient (Wildman–Crippen LogP) is 5.79. The molecule has 30 heavy (non-hydrogen) atoms. The van der Waals surface area contributed by atoms with Crippen LogP contribution >= 0.6 is 0 Å². The fourth-order valence-electron chi connectivity index (χ4n) is 10.3. The van der Waals surface area contributed by atoms with Gasteiger partial charge in [0.25, 0.3) is 0 Å². The molecule has 2 heterocycles. The number of fused-ring (bicyclic) bond motifs is 7. The van der Waals surface area contributed by atoms with Gasteiger partial charge in [0.2, 0.25) is 0 Å². The highest BCUT2D eigenvalue weighted by molar-refractivity contribution is 5.18. The minimum atomic E-state index is -0.430. The molecule has 0 radical (unpaired) electrons. The van der Waals surface area contributed by atoms with E-state index in [1.165, 1.54) is 57.8 Å². The van der Waals surface area contributed by atoms with E-state index in [9.17, 15) is 5.11 Å². The van der Waals surface area contributed by atoms with E-state index in [1.807, 2.05) is 0 Å². The second kappa shape index (κ2) is 6.70. The second-order valence-electron chi connectivity index (χ2n) is 13.0. The number of hydrogen-bond donors (Lipinski definition) is 1. The summed E-state index contributed by atoms with van der Waals surface area (Å²) < 4.78 is 13.2.